The molecule has 0 radical (unpaired) electrons. The summed E-state index contributed by atoms with van der Waals surface area (Å²) < 4.78 is 73.9. The quantitative estimate of drug-likeness (QED) is 0.0859. The maximum absolute atomic E-state index is 14.1. The summed E-state index contributed by atoms with van der Waals surface area (Å²) in [6.45, 7) is 4.75. The van der Waals surface area contributed by atoms with Gasteiger partial charge in [0.25, 0.3) is 29.5 Å². The monoisotopic (exact) mass is 1480 g/mol. The van der Waals surface area contributed by atoms with Crippen LogP contribution in [0.3, 0.4) is 0 Å². The van der Waals surface area contributed by atoms with E-state index in [0.717, 1.165) is 50.3 Å². The molecule has 3 aromatic heterocycles. The molecular weight excluding hydrogens is 1400 g/mol. The van der Waals surface area contributed by atoms with Crippen LogP contribution >= 0.6 is 0 Å². The molecule has 11 aromatic rings. The number of carboxylic acids is 1. The molecule has 5 amide bonds. The Hall–Kier alpha value is -12.5. The first kappa shape index (κ1) is 73.4. The van der Waals surface area contributed by atoms with E-state index in [9.17, 15) is 52.2 Å². The molecule has 0 bridgehead atoms. The highest BCUT2D eigenvalue weighted by Gasteiger charge is 2.40. The van der Waals surface area contributed by atoms with Crippen molar-refractivity contribution in [2.45, 2.75) is 52.1 Å². The van der Waals surface area contributed by atoms with E-state index in [1.54, 1.807) is 111 Å². The number of pyridine rings is 3. The minimum atomic E-state index is -1.14. The Labute approximate surface area is 624 Å². The molecule has 0 atom stereocenters. The molecule has 0 spiro atoms. The Bertz CT molecular complexity index is 5390. The first-order valence-corrected chi connectivity index (χ1v) is 35.3. The third-order valence-corrected chi connectivity index (χ3v) is 20.0. The van der Waals surface area contributed by atoms with Crippen LogP contribution in [-0.4, -0.2) is 173 Å². The minimum Gasteiger partial charge on any atom is -0.505 e. The van der Waals surface area contributed by atoms with E-state index in [-0.39, 0.29) is 114 Å². The van der Waals surface area contributed by atoms with Crippen LogP contribution in [0.2, 0.25) is 0 Å². The van der Waals surface area contributed by atoms with Gasteiger partial charge in [0.15, 0.2) is 17.2 Å². The van der Waals surface area contributed by atoms with Gasteiger partial charge in [0, 0.05) is 118 Å². The highest BCUT2D eigenvalue weighted by molar-refractivity contribution is 6.18. The van der Waals surface area contributed by atoms with Crippen LogP contribution < -0.4 is 18.9 Å². The third kappa shape index (κ3) is 15.2. The van der Waals surface area contributed by atoms with Gasteiger partial charge in [0.2, 0.25) is 0 Å². The Balaban J connectivity index is 0.000000138. The topological polar surface area (TPSA) is 253 Å². The summed E-state index contributed by atoms with van der Waals surface area (Å²) >= 11 is 0. The summed E-state index contributed by atoms with van der Waals surface area (Å²) in [7, 11) is 8.18. The number of morpholine rings is 2. The second-order valence-corrected chi connectivity index (χ2v) is 27.2. The summed E-state index contributed by atoms with van der Waals surface area (Å²) in [6.07, 6.45) is 6.42. The number of halogens is 3. The fourth-order valence-electron chi connectivity index (χ4n) is 14.4. The number of rotatable bonds is 17. The predicted octanol–water partition coefficient (Wildman–Crippen LogP) is 12.2. The fraction of sp³-hybridized carbons (Fsp3) is 0.250. The van der Waals surface area contributed by atoms with Crippen molar-refractivity contribution in [2.24, 2.45) is 0 Å². The largest absolute Gasteiger partial charge is 0.505 e. The average molecular weight is 1480 g/mol. The molecule has 109 heavy (non-hydrogen) atoms. The number of methoxy groups -OCH3 is 2. The number of carboxylic acid groups (broad SMARTS) is 1. The number of amides is 5. The normalized spacial score (nSPS) is 14.5. The first-order valence-electron chi connectivity index (χ1n) is 35.3. The van der Waals surface area contributed by atoms with Crippen molar-refractivity contribution in [1.82, 2.24) is 39.5 Å². The molecule has 2 N–H and O–H groups in total. The average Bonchev–Trinajstić information content (AvgIpc) is 1.66. The van der Waals surface area contributed by atoms with Crippen molar-refractivity contribution in [3.8, 4) is 28.7 Å². The van der Waals surface area contributed by atoms with Gasteiger partial charge in [0.05, 0.1) is 74.0 Å². The van der Waals surface area contributed by atoms with Crippen molar-refractivity contribution in [1.29, 1.82) is 0 Å². The molecule has 5 aliphatic rings. The lowest BCUT2D eigenvalue weighted by molar-refractivity contribution is 0.0301. The van der Waals surface area contributed by atoms with Gasteiger partial charge in [-0.3, -0.25) is 38.9 Å². The minimum absolute atomic E-state index is 0.0444. The van der Waals surface area contributed by atoms with E-state index < -0.39 is 5.97 Å². The predicted molar refractivity (Wildman–Crippen MR) is 397 cm³/mol. The molecular formula is C84H75F3N8O14. The second-order valence-electron chi connectivity index (χ2n) is 27.2. The van der Waals surface area contributed by atoms with Gasteiger partial charge in [-0.25, -0.2) is 18.0 Å². The molecule has 0 saturated carbocycles. The smallest absolute Gasteiger partial charge is 0.336 e. The van der Waals surface area contributed by atoms with Crippen LogP contribution in [0.1, 0.15) is 123 Å². The van der Waals surface area contributed by atoms with Crippen LogP contribution in [-0.2, 0) is 61.6 Å². The molecule has 0 unspecified atom stereocenters. The van der Waals surface area contributed by atoms with Crippen molar-refractivity contribution in [3.05, 3.63) is 270 Å². The van der Waals surface area contributed by atoms with Crippen molar-refractivity contribution in [2.75, 3.05) is 88.0 Å². The number of aromatic hydroxyl groups is 1. The molecule has 22 nitrogen and oxygen atoms in total. The molecule has 2 fully saturated rings. The van der Waals surface area contributed by atoms with Crippen molar-refractivity contribution in [3.63, 3.8) is 0 Å². The number of benzene rings is 8. The molecule has 8 heterocycles. The van der Waals surface area contributed by atoms with E-state index in [0.29, 0.717) is 144 Å². The number of aromatic carboxylic acids is 1. The number of nitrogens with zero attached hydrogens (tertiary/aromatic N) is 8. The zero-order valence-electron chi connectivity index (χ0n) is 60.3. The van der Waals surface area contributed by atoms with Crippen LogP contribution in [0.15, 0.2) is 158 Å². The number of carbonyl (C=O) groups excluding carboxylic acids is 5. The highest BCUT2D eigenvalue weighted by Crippen LogP contribution is 2.45. The second kappa shape index (κ2) is 31.5. The van der Waals surface area contributed by atoms with E-state index in [1.165, 1.54) is 46.2 Å². The number of fused-ring (bicyclic) bond motifs is 6. The lowest BCUT2D eigenvalue weighted by Gasteiger charge is -2.28. The molecule has 556 valence electrons. The Kier molecular flexibility index (Phi) is 21.2. The van der Waals surface area contributed by atoms with Gasteiger partial charge in [-0.2, -0.15) is 0 Å². The highest BCUT2D eigenvalue weighted by atomic mass is 19.1. The van der Waals surface area contributed by atoms with E-state index in [4.69, 9.17) is 33.4 Å². The number of hydrogen-bond donors (Lipinski definition) is 2. The van der Waals surface area contributed by atoms with E-state index in [2.05, 4.69) is 9.97 Å². The summed E-state index contributed by atoms with van der Waals surface area (Å²) in [6, 6.07) is 39.0. The zero-order chi connectivity index (χ0) is 76.3. The molecule has 8 aromatic carbocycles. The maximum atomic E-state index is 14.1. The van der Waals surface area contributed by atoms with Gasteiger partial charge in [-0.15, -0.1) is 0 Å². The summed E-state index contributed by atoms with van der Waals surface area (Å²) in [5, 5.41) is 22.6. The van der Waals surface area contributed by atoms with Crippen LogP contribution in [0.4, 0.5) is 13.2 Å². The SMILES string of the molecule is CN1Cc2c(c(O)c3ncc(Cc4ccc(F)cc4)cc3c2C(=O)N2CCOCC2)C1=O.COc1ccc(COc2c3c(c(C(=O)N4CCOCC4)c4cc(Cc5ccc(F)cc5)cnc24)CN(C)C3=O)cc1.COc1ccc(COc2c3c(c(C(=O)O)c4cc(Cc5ccc(F)cc5)cnc24)CN(C)C3=O)cc1. The molecule has 0 aliphatic carbocycles. The van der Waals surface area contributed by atoms with E-state index >= 15 is 0 Å². The standard InChI is InChI=1S/C32H30FN3O5.C28H23FN2O5.C24H22FN3O4/c1-35-18-26-27(32(38)36-11-13-40-14-12-36)25-16-22(15-20-3-7-23(33)8-4-20)17-34-29(25)30(28(26)31(35)37)41-19-21-5-9-24(39-2)10-6-21;1-31-14-22-23(28(33)34)21-12-18(11-16-3-7-19(29)8-4-16)13-30-25(21)26(24(22)27(31)32)36-15-17-5-9-20(35-2)10-6-17;1-27-13-18-19(24(31)28-6-8-32-9-7-28)17-11-15(10-14-2-4-16(25)5-3-14)12-26-21(17)22(29)20(18)23(27)30/h3-10,16-17H,11-15,18-19H2,1-2H3;3-10,12-13H,11,14-15H2,1-2H3,(H,33,34);2-5,11-12,29H,6-10,13H2,1H3. The van der Waals surface area contributed by atoms with Crippen LogP contribution in [0, 0.1) is 17.5 Å². The number of ether oxygens (including phenoxy) is 6. The van der Waals surface area contributed by atoms with Crippen LogP contribution in [0.25, 0.3) is 32.7 Å². The Morgan fingerprint density at radius 3 is 1.10 bits per heavy atom. The Morgan fingerprint density at radius 2 is 0.743 bits per heavy atom. The maximum Gasteiger partial charge on any atom is 0.336 e. The summed E-state index contributed by atoms with van der Waals surface area (Å²) in [4.78, 5) is 101. The van der Waals surface area contributed by atoms with Crippen molar-refractivity contribution < 1.29 is 80.6 Å². The Morgan fingerprint density at radius 1 is 0.431 bits per heavy atom. The molecule has 2 saturated heterocycles. The lowest BCUT2D eigenvalue weighted by atomic mass is 9.93. The fourth-order valence-corrected chi connectivity index (χ4v) is 14.4. The summed E-state index contributed by atoms with van der Waals surface area (Å²) in [5.41, 5.74) is 11.1. The zero-order valence-corrected chi connectivity index (χ0v) is 60.3. The first-order chi connectivity index (χ1) is 52.7. The van der Waals surface area contributed by atoms with Crippen LogP contribution in [0.5, 0.6) is 28.7 Å². The number of aromatic nitrogens is 3. The van der Waals surface area contributed by atoms with Gasteiger partial charge >= 0.3 is 5.97 Å². The van der Waals surface area contributed by atoms with Gasteiger partial charge in [-0.05, 0) is 143 Å². The van der Waals surface area contributed by atoms with Gasteiger partial charge in [-0.1, -0.05) is 60.7 Å². The van der Waals surface area contributed by atoms with Gasteiger partial charge in [0.1, 0.15) is 58.7 Å². The number of phenolic OH excluding ortho intramolecular Hbond substituents is 1. The number of phenols is 1. The van der Waals surface area contributed by atoms with Gasteiger partial charge < -0.3 is 63.1 Å². The number of carbonyl (C=O) groups is 6. The molecule has 16 rings (SSSR count). The molecule has 25 heteroatoms. The van der Waals surface area contributed by atoms with E-state index in [1.807, 2.05) is 60.7 Å². The summed E-state index contributed by atoms with van der Waals surface area (Å²) in [5.74, 6) is -1.38. The number of hydrogen-bond acceptors (Lipinski definition) is 16. The lowest BCUT2D eigenvalue weighted by Crippen LogP contribution is -2.41. The molecule has 5 aliphatic heterocycles. The third-order valence-electron chi connectivity index (χ3n) is 20.0. The van der Waals surface area contributed by atoms with Crippen molar-refractivity contribution >= 4 is 68.2 Å².